The van der Waals surface area contributed by atoms with Crippen LogP contribution < -0.4 is 0 Å². The number of allylic oxidation sites excluding steroid dienone is 4. The van der Waals surface area contributed by atoms with E-state index in [0.29, 0.717) is 17.1 Å². The Balaban J connectivity index is 0.000000535. The molecular weight excluding hydrogens is 380 g/mol. The zero-order valence-electron chi connectivity index (χ0n) is 19.8. The minimum Gasteiger partial charge on any atom is -0.508 e. The van der Waals surface area contributed by atoms with Crippen LogP contribution in [0.2, 0.25) is 0 Å². The molecule has 0 radical (unpaired) electrons. The van der Waals surface area contributed by atoms with Gasteiger partial charge in [-0.3, -0.25) is 0 Å². The first-order valence-corrected chi connectivity index (χ1v) is 12.3. The summed E-state index contributed by atoms with van der Waals surface area (Å²) in [5.41, 5.74) is 3.33. The quantitative estimate of drug-likeness (QED) is 0.402. The van der Waals surface area contributed by atoms with Crippen LogP contribution in [-0.2, 0) is 11.2 Å². The fourth-order valence-electron chi connectivity index (χ4n) is 6.90. The lowest BCUT2D eigenvalue weighted by atomic mass is 9.57. The highest BCUT2D eigenvalue weighted by Crippen LogP contribution is 2.75. The lowest BCUT2D eigenvalue weighted by molar-refractivity contribution is -0.0259. The van der Waals surface area contributed by atoms with Crippen molar-refractivity contribution in [3.05, 3.63) is 66.0 Å². The van der Waals surface area contributed by atoms with Crippen LogP contribution in [0.3, 0.4) is 0 Å². The second kappa shape index (κ2) is 8.88. The van der Waals surface area contributed by atoms with Crippen molar-refractivity contribution < 1.29 is 9.84 Å². The summed E-state index contributed by atoms with van der Waals surface area (Å²) in [6, 6.07) is 6.02. The third-order valence-corrected chi connectivity index (χ3v) is 8.01. The van der Waals surface area contributed by atoms with Crippen LogP contribution in [0.25, 0.3) is 0 Å². The Morgan fingerprint density at radius 3 is 2.65 bits per heavy atom. The fourth-order valence-corrected chi connectivity index (χ4v) is 6.90. The van der Waals surface area contributed by atoms with Gasteiger partial charge < -0.3 is 9.84 Å². The molecule has 0 saturated heterocycles. The molecule has 2 heteroatoms. The molecule has 4 aliphatic rings. The van der Waals surface area contributed by atoms with E-state index in [1.807, 2.05) is 31.2 Å². The third kappa shape index (κ3) is 4.23. The summed E-state index contributed by atoms with van der Waals surface area (Å²) < 4.78 is 6.66. The molecule has 6 atom stereocenters. The van der Waals surface area contributed by atoms with E-state index in [1.165, 1.54) is 43.2 Å². The van der Waals surface area contributed by atoms with Crippen LogP contribution in [0.4, 0.5) is 0 Å². The molecule has 1 aromatic rings. The Kier molecular flexibility index (Phi) is 6.37. The molecule has 6 unspecified atom stereocenters. The summed E-state index contributed by atoms with van der Waals surface area (Å²) in [6.07, 6.45) is 15.9. The first-order valence-electron chi connectivity index (χ1n) is 12.3. The third-order valence-electron chi connectivity index (χ3n) is 8.01. The number of phenolic OH excluding ortho intramolecular Hbond substituents is 1. The topological polar surface area (TPSA) is 29.5 Å². The smallest absolute Gasteiger partial charge is 0.115 e. The minimum atomic E-state index is 0.235. The van der Waals surface area contributed by atoms with Crippen molar-refractivity contribution in [3.8, 4) is 5.75 Å². The van der Waals surface area contributed by atoms with Gasteiger partial charge in [0.05, 0.1) is 0 Å². The van der Waals surface area contributed by atoms with E-state index in [-0.39, 0.29) is 6.10 Å². The average Bonchev–Trinajstić information content (AvgIpc) is 3.30. The predicted molar refractivity (Wildman–Crippen MR) is 129 cm³/mol. The maximum absolute atomic E-state index is 9.97. The average molecular weight is 421 g/mol. The number of hydrogen-bond donors (Lipinski definition) is 1. The van der Waals surface area contributed by atoms with E-state index < -0.39 is 0 Å². The molecule has 2 nitrogen and oxygen atoms in total. The summed E-state index contributed by atoms with van der Waals surface area (Å²) in [6.45, 7) is 12.3. The molecule has 0 bridgehead atoms. The van der Waals surface area contributed by atoms with Crippen LogP contribution in [0.15, 0.2) is 54.8 Å². The number of aryl methyl sites for hydroxylation is 1. The molecule has 1 spiro atoms. The van der Waals surface area contributed by atoms with Crippen LogP contribution >= 0.6 is 0 Å². The number of benzene rings is 1. The summed E-state index contributed by atoms with van der Waals surface area (Å²) in [5.74, 6) is 5.20. The van der Waals surface area contributed by atoms with E-state index in [0.717, 1.165) is 35.9 Å². The zero-order valence-corrected chi connectivity index (χ0v) is 19.8. The van der Waals surface area contributed by atoms with Crippen molar-refractivity contribution in [2.24, 2.45) is 29.1 Å². The number of phenols is 1. The molecule has 1 aromatic carbocycles. The molecule has 0 aromatic heterocycles. The standard InChI is InChI=1S/C25H30O2.C4H10/c1-3-5-6-19(4-2)27-23-15-25-14-17(25)8-12-22(25)21-10-7-16-13-18(26)9-11-20(16)24(21)23;1-4(2)3/h3-6,9,11,13,17,21-24,26H,1,7-8,10,12,14-15H2,2H3;4H,1-3H3/b6-5-,19-4+;. The van der Waals surface area contributed by atoms with Crippen molar-refractivity contribution in [1.29, 1.82) is 0 Å². The van der Waals surface area contributed by atoms with Crippen LogP contribution in [0, 0.1) is 29.1 Å². The van der Waals surface area contributed by atoms with Gasteiger partial charge in [0, 0.05) is 5.92 Å². The summed E-state index contributed by atoms with van der Waals surface area (Å²) >= 11 is 0. The number of fused-ring (bicyclic) bond motifs is 4. The van der Waals surface area contributed by atoms with Gasteiger partial charge >= 0.3 is 0 Å². The van der Waals surface area contributed by atoms with Crippen molar-refractivity contribution in [2.75, 3.05) is 0 Å². The second-order valence-electron chi connectivity index (χ2n) is 10.8. The molecule has 3 saturated carbocycles. The van der Waals surface area contributed by atoms with Gasteiger partial charge in [0.1, 0.15) is 17.6 Å². The monoisotopic (exact) mass is 420 g/mol. The zero-order chi connectivity index (χ0) is 22.2. The van der Waals surface area contributed by atoms with Gasteiger partial charge in [0.2, 0.25) is 0 Å². The van der Waals surface area contributed by atoms with Crippen molar-refractivity contribution in [3.63, 3.8) is 0 Å². The molecule has 5 rings (SSSR count). The number of aromatic hydroxyl groups is 1. The minimum absolute atomic E-state index is 0.235. The molecule has 0 heterocycles. The van der Waals surface area contributed by atoms with E-state index in [9.17, 15) is 5.11 Å². The maximum Gasteiger partial charge on any atom is 0.115 e. The van der Waals surface area contributed by atoms with Gasteiger partial charge in [-0.15, -0.1) is 0 Å². The Labute approximate surface area is 189 Å². The first-order chi connectivity index (χ1) is 14.9. The Morgan fingerprint density at radius 1 is 1.19 bits per heavy atom. The van der Waals surface area contributed by atoms with E-state index >= 15 is 0 Å². The molecule has 0 amide bonds. The van der Waals surface area contributed by atoms with Gasteiger partial charge in [-0.05, 0) is 110 Å². The molecule has 1 N–H and O–H groups in total. The SMILES string of the molecule is C=C/C=C\C(=C/C)OC1CC23CC2CCC3C2CCc3cc(O)ccc3C12.CC(C)C. The summed E-state index contributed by atoms with van der Waals surface area (Å²) in [7, 11) is 0. The van der Waals surface area contributed by atoms with Crippen molar-refractivity contribution >= 4 is 0 Å². The van der Waals surface area contributed by atoms with Crippen molar-refractivity contribution in [1.82, 2.24) is 0 Å². The van der Waals surface area contributed by atoms with Gasteiger partial charge in [0.25, 0.3) is 0 Å². The molecule has 4 aliphatic carbocycles. The summed E-state index contributed by atoms with van der Waals surface area (Å²) in [4.78, 5) is 0. The molecule has 3 fully saturated rings. The Hall–Kier alpha value is -1.96. The van der Waals surface area contributed by atoms with E-state index in [4.69, 9.17) is 4.74 Å². The number of rotatable bonds is 4. The Morgan fingerprint density at radius 2 is 1.97 bits per heavy atom. The predicted octanol–water partition coefficient (Wildman–Crippen LogP) is 7.55. The van der Waals surface area contributed by atoms with Crippen LogP contribution in [0.5, 0.6) is 5.75 Å². The van der Waals surface area contributed by atoms with Crippen LogP contribution in [0.1, 0.15) is 76.8 Å². The van der Waals surface area contributed by atoms with Crippen LogP contribution in [-0.4, -0.2) is 11.2 Å². The highest BCUT2D eigenvalue weighted by atomic mass is 16.5. The van der Waals surface area contributed by atoms with Gasteiger partial charge in [-0.2, -0.15) is 0 Å². The van der Waals surface area contributed by atoms with Gasteiger partial charge in [-0.25, -0.2) is 0 Å². The Bertz CT molecular complexity index is 861. The second-order valence-corrected chi connectivity index (χ2v) is 10.8. The van der Waals surface area contributed by atoms with Gasteiger partial charge in [0.15, 0.2) is 0 Å². The maximum atomic E-state index is 9.97. The molecular formula is C29H40O2. The lowest BCUT2D eigenvalue weighted by Gasteiger charge is -2.49. The largest absolute Gasteiger partial charge is 0.508 e. The first kappa shape index (κ1) is 22.2. The molecule has 0 aliphatic heterocycles. The highest BCUT2D eigenvalue weighted by Gasteiger charge is 2.68. The van der Waals surface area contributed by atoms with E-state index in [2.05, 4.69) is 39.5 Å². The summed E-state index contributed by atoms with van der Waals surface area (Å²) in [5, 5.41) is 9.97. The normalized spacial score (nSPS) is 35.4. The van der Waals surface area contributed by atoms with E-state index in [1.54, 1.807) is 6.08 Å². The fraction of sp³-hybridized carbons (Fsp3) is 0.586. The number of hydrogen-bond acceptors (Lipinski definition) is 2. The lowest BCUT2D eigenvalue weighted by Crippen LogP contribution is -2.45. The molecule has 31 heavy (non-hydrogen) atoms. The number of ether oxygens (including phenoxy) is 1. The van der Waals surface area contributed by atoms with Gasteiger partial charge in [-0.1, -0.05) is 45.6 Å². The molecule has 168 valence electrons. The highest BCUT2D eigenvalue weighted by molar-refractivity contribution is 5.41. The van der Waals surface area contributed by atoms with Crippen molar-refractivity contribution in [2.45, 2.75) is 78.2 Å².